The molecule has 6 atom stereocenters. The zero-order chi connectivity index (χ0) is 22.0. The number of carbonyl (C=O) groups is 2. The zero-order valence-corrected chi connectivity index (χ0v) is 17.5. The van der Waals surface area contributed by atoms with Gasteiger partial charge in [-0.2, -0.15) is 0 Å². The van der Waals surface area contributed by atoms with Crippen molar-refractivity contribution in [2.24, 2.45) is 23.7 Å². The maximum atomic E-state index is 12.7. The Balaban J connectivity index is 1.88. The summed E-state index contributed by atoms with van der Waals surface area (Å²) >= 11 is 0. The topological polar surface area (TPSA) is 84.9 Å². The molecule has 6 nitrogen and oxygen atoms in total. The SMILES string of the molecule is COC(=O)[C@@H](O)[C@H](NC1(c2ccccc2)C2C=CC=CC2C2C=CC=CC21)C(=O)OC. The highest BCUT2D eigenvalue weighted by atomic mass is 16.5. The molecule has 4 rings (SSSR count). The van der Waals surface area contributed by atoms with Crippen molar-refractivity contribution in [2.75, 3.05) is 14.2 Å². The lowest BCUT2D eigenvalue weighted by Gasteiger charge is -2.44. The van der Waals surface area contributed by atoms with Gasteiger partial charge in [0.2, 0.25) is 0 Å². The third-order valence-electron chi connectivity index (χ3n) is 6.71. The fourth-order valence-corrected chi connectivity index (χ4v) is 5.40. The second kappa shape index (κ2) is 8.65. The quantitative estimate of drug-likeness (QED) is 0.686. The molecule has 3 aliphatic carbocycles. The van der Waals surface area contributed by atoms with Crippen LogP contribution in [0.2, 0.25) is 0 Å². The Hall–Kier alpha value is -2.96. The molecule has 2 N–H and O–H groups in total. The molecule has 0 saturated heterocycles. The molecule has 3 aliphatic rings. The molecule has 0 aliphatic heterocycles. The van der Waals surface area contributed by atoms with Gasteiger partial charge in [0.05, 0.1) is 19.8 Å². The van der Waals surface area contributed by atoms with Crippen molar-refractivity contribution in [3.63, 3.8) is 0 Å². The molecular weight excluding hydrogens is 394 g/mol. The van der Waals surface area contributed by atoms with Crippen molar-refractivity contribution in [2.45, 2.75) is 17.7 Å². The van der Waals surface area contributed by atoms with Crippen molar-refractivity contribution < 1.29 is 24.2 Å². The third kappa shape index (κ3) is 3.46. The first-order valence-electron chi connectivity index (χ1n) is 10.4. The highest BCUT2D eigenvalue weighted by Gasteiger charge is 2.60. The molecule has 0 radical (unpaired) electrons. The standard InChI is InChI=1S/C25H27NO5/c1-30-23(28)21(22(27)24(29)31-2)26-25(16-10-4-3-5-11-16)19-14-8-6-12-17(19)18-13-7-9-15-20(18)25/h3-15,17-22,26-27H,1-2H3/t17?,18?,19?,20?,21-,22-,25?/m0/s1. The van der Waals surface area contributed by atoms with E-state index in [0.29, 0.717) is 0 Å². The van der Waals surface area contributed by atoms with Crippen molar-refractivity contribution in [3.8, 4) is 0 Å². The van der Waals surface area contributed by atoms with E-state index in [2.05, 4.69) is 29.6 Å². The van der Waals surface area contributed by atoms with E-state index in [9.17, 15) is 14.7 Å². The normalized spacial score (nSPS) is 32.1. The van der Waals surface area contributed by atoms with Crippen LogP contribution in [0.5, 0.6) is 0 Å². The van der Waals surface area contributed by atoms with Crippen LogP contribution in [0, 0.1) is 23.7 Å². The summed E-state index contributed by atoms with van der Waals surface area (Å²) in [7, 11) is 2.42. The number of hydrogen-bond donors (Lipinski definition) is 2. The van der Waals surface area contributed by atoms with Gasteiger partial charge in [-0.1, -0.05) is 78.9 Å². The van der Waals surface area contributed by atoms with E-state index < -0.39 is 29.6 Å². The number of methoxy groups -OCH3 is 2. The number of allylic oxidation sites excluding steroid dienone is 6. The molecule has 1 saturated carbocycles. The number of carbonyl (C=O) groups excluding carboxylic acids is 2. The molecule has 1 aromatic carbocycles. The summed E-state index contributed by atoms with van der Waals surface area (Å²) in [6.07, 6.45) is 15.1. The van der Waals surface area contributed by atoms with Gasteiger partial charge in [0.25, 0.3) is 0 Å². The van der Waals surface area contributed by atoms with Gasteiger partial charge in [-0.05, 0) is 17.4 Å². The predicted molar refractivity (Wildman–Crippen MR) is 116 cm³/mol. The maximum absolute atomic E-state index is 12.7. The van der Waals surface area contributed by atoms with Crippen LogP contribution in [0.25, 0.3) is 0 Å². The van der Waals surface area contributed by atoms with Gasteiger partial charge in [0, 0.05) is 11.8 Å². The van der Waals surface area contributed by atoms with Crippen LogP contribution in [-0.4, -0.2) is 43.4 Å². The molecule has 1 fully saturated rings. The number of benzene rings is 1. The largest absolute Gasteiger partial charge is 0.468 e. The summed E-state index contributed by atoms with van der Waals surface area (Å²) in [5, 5.41) is 14.1. The Morgan fingerprint density at radius 3 is 1.90 bits per heavy atom. The molecular formula is C25H27NO5. The first-order valence-corrected chi connectivity index (χ1v) is 10.4. The van der Waals surface area contributed by atoms with E-state index in [1.807, 2.05) is 54.6 Å². The molecule has 0 bridgehead atoms. The van der Waals surface area contributed by atoms with E-state index >= 15 is 0 Å². The molecule has 0 spiro atoms. The number of nitrogens with one attached hydrogen (secondary N) is 1. The Morgan fingerprint density at radius 1 is 0.871 bits per heavy atom. The fraction of sp³-hybridized carbons (Fsp3) is 0.360. The van der Waals surface area contributed by atoms with E-state index in [-0.39, 0.29) is 23.7 Å². The van der Waals surface area contributed by atoms with E-state index in [4.69, 9.17) is 9.47 Å². The summed E-state index contributed by atoms with van der Waals surface area (Å²) in [5.74, 6) is -1.26. The van der Waals surface area contributed by atoms with Crippen LogP contribution < -0.4 is 5.32 Å². The van der Waals surface area contributed by atoms with Crippen LogP contribution in [0.1, 0.15) is 5.56 Å². The van der Waals surface area contributed by atoms with Crippen molar-refractivity contribution >= 4 is 11.9 Å². The van der Waals surface area contributed by atoms with Gasteiger partial charge >= 0.3 is 11.9 Å². The first kappa shape index (κ1) is 21.3. The first-order chi connectivity index (χ1) is 15.0. The monoisotopic (exact) mass is 421 g/mol. The Morgan fingerprint density at radius 2 is 1.39 bits per heavy atom. The third-order valence-corrected chi connectivity index (χ3v) is 6.71. The van der Waals surface area contributed by atoms with E-state index in [1.165, 1.54) is 14.2 Å². The van der Waals surface area contributed by atoms with Gasteiger partial charge in [-0.15, -0.1) is 0 Å². The fourth-order valence-electron chi connectivity index (χ4n) is 5.40. The number of rotatable bonds is 6. The number of ether oxygens (including phenoxy) is 2. The number of aliphatic hydroxyl groups excluding tert-OH is 1. The van der Waals surface area contributed by atoms with Crippen molar-refractivity contribution in [1.29, 1.82) is 0 Å². The summed E-state index contributed by atoms with van der Waals surface area (Å²) in [5.41, 5.74) is 0.218. The highest BCUT2D eigenvalue weighted by Crippen LogP contribution is 2.58. The molecule has 0 aromatic heterocycles. The molecule has 4 unspecified atom stereocenters. The highest BCUT2D eigenvalue weighted by molar-refractivity contribution is 5.86. The Bertz CT molecular complexity index is 914. The predicted octanol–water partition coefficient (Wildman–Crippen LogP) is 2.28. The summed E-state index contributed by atoms with van der Waals surface area (Å²) in [6.45, 7) is 0. The summed E-state index contributed by atoms with van der Waals surface area (Å²) < 4.78 is 9.68. The van der Waals surface area contributed by atoms with E-state index in [1.54, 1.807) is 0 Å². The lowest BCUT2D eigenvalue weighted by molar-refractivity contribution is -0.161. The summed E-state index contributed by atoms with van der Waals surface area (Å²) in [4.78, 5) is 24.9. The van der Waals surface area contributed by atoms with Crippen LogP contribution in [0.4, 0.5) is 0 Å². The van der Waals surface area contributed by atoms with Gasteiger partial charge in [-0.3, -0.25) is 10.1 Å². The van der Waals surface area contributed by atoms with Crippen LogP contribution in [-0.2, 0) is 24.6 Å². The van der Waals surface area contributed by atoms with Gasteiger partial charge in [-0.25, -0.2) is 4.79 Å². The molecule has 162 valence electrons. The minimum Gasteiger partial charge on any atom is -0.468 e. The maximum Gasteiger partial charge on any atom is 0.336 e. The van der Waals surface area contributed by atoms with Gasteiger partial charge < -0.3 is 14.6 Å². The Kier molecular flexibility index (Phi) is 5.94. The average molecular weight is 421 g/mol. The van der Waals surface area contributed by atoms with Gasteiger partial charge in [0.1, 0.15) is 6.04 Å². The lowest BCUT2D eigenvalue weighted by atomic mass is 9.71. The average Bonchev–Trinajstić information content (AvgIpc) is 3.12. The molecule has 0 amide bonds. The second-order valence-electron chi connectivity index (χ2n) is 8.09. The Labute approximate surface area is 181 Å². The van der Waals surface area contributed by atoms with Crippen LogP contribution >= 0.6 is 0 Å². The lowest BCUT2D eigenvalue weighted by Crippen LogP contribution is -2.61. The number of esters is 2. The minimum absolute atomic E-state index is 0.0145. The van der Waals surface area contributed by atoms with Crippen LogP contribution in [0.15, 0.2) is 78.9 Å². The molecule has 6 heteroatoms. The summed E-state index contributed by atoms with van der Waals surface area (Å²) in [6, 6.07) is 8.59. The number of fused-ring (bicyclic) bond motifs is 3. The smallest absolute Gasteiger partial charge is 0.336 e. The van der Waals surface area contributed by atoms with Crippen molar-refractivity contribution in [1.82, 2.24) is 5.32 Å². The minimum atomic E-state index is -1.71. The van der Waals surface area contributed by atoms with Crippen LogP contribution in [0.3, 0.4) is 0 Å². The molecule has 31 heavy (non-hydrogen) atoms. The van der Waals surface area contributed by atoms with Gasteiger partial charge in [0.15, 0.2) is 6.10 Å². The number of aliphatic hydroxyl groups is 1. The second-order valence-corrected chi connectivity index (χ2v) is 8.09. The zero-order valence-electron chi connectivity index (χ0n) is 17.5. The molecule has 0 heterocycles. The van der Waals surface area contributed by atoms with Crippen molar-refractivity contribution in [3.05, 3.63) is 84.5 Å². The molecule has 1 aromatic rings. The number of hydrogen-bond acceptors (Lipinski definition) is 6. The van der Waals surface area contributed by atoms with E-state index in [0.717, 1.165) is 5.56 Å².